The van der Waals surface area contributed by atoms with Gasteiger partial charge in [-0.05, 0) is 227 Å². The smallest absolute Gasteiger partial charge is 0.160 e. The molecule has 2 saturated heterocycles. The summed E-state index contributed by atoms with van der Waals surface area (Å²) < 4.78 is 6.84. The van der Waals surface area contributed by atoms with Gasteiger partial charge in [0, 0.05) is 54.6 Å². The van der Waals surface area contributed by atoms with Crippen molar-refractivity contribution in [3.8, 4) is 5.75 Å². The molecule has 0 amide bonds. The number of nitrogen functional groups attached to an aromatic ring is 1. The number of aliphatic hydroxyl groups excluding tert-OH is 2. The number of rotatable bonds is 12. The Morgan fingerprint density at radius 2 is 1.69 bits per heavy atom. The van der Waals surface area contributed by atoms with Crippen LogP contribution in [0.2, 0.25) is 0 Å². The minimum atomic E-state index is -0.897. The maximum absolute atomic E-state index is 16.0. The summed E-state index contributed by atoms with van der Waals surface area (Å²) in [6.45, 7) is 17.5. The number of benzene rings is 2. The molecule has 77 heavy (non-hydrogen) atoms. The number of aliphatic hydroxyl groups is 3. The van der Waals surface area contributed by atoms with Gasteiger partial charge in [-0.1, -0.05) is 90.5 Å². The zero-order valence-corrected chi connectivity index (χ0v) is 48.5. The van der Waals surface area contributed by atoms with E-state index in [1.54, 1.807) is 0 Å². The molecule has 7 fully saturated rings. The second-order valence-electron chi connectivity index (χ2n) is 29.5. The standard InChI is InChI=1S/C67H99N3O7/c1-39(2)17-18-40-25-44-20-19-41(37-71)28-49(44)50(31-55(73)61-66(7,77-61)52-16-12-15-48(52)43-13-11-14-46(68)29-43)58-53-21-22-57-64(5)33-51(45-26-42(36-69-8)27-47(72)30-45)60(75)63(4)24-10-9-23-62(3,76)38-70-54(59(63)64)34-67(57,32-40)65(53,6)35-56(58)74/h11,13-14,26-27,29-30,39-41,44,48-52,54-55,57,59,61,69-73,76H,9-10,12,15-25,28,31-38,68H2,1-8H3/t40-,41+,44+,48-,49+,50-,51-,52+,54-,55+,57+,59-,61+,62+,63+,64-,65-,66+,67-/m0/s1. The molecule has 11 rings (SSSR count). The number of hydrogen-bond donors (Lipinski definition) is 7. The Morgan fingerprint density at radius 1 is 0.896 bits per heavy atom. The molecule has 0 unspecified atom stereocenters. The molecule has 7 aliphatic carbocycles. The predicted octanol–water partition coefficient (Wildman–Crippen LogP) is 11.7. The third kappa shape index (κ3) is 9.54. The highest BCUT2D eigenvalue weighted by molar-refractivity contribution is 6.01. The largest absolute Gasteiger partial charge is 0.508 e. The molecule has 2 aromatic rings. The molecule has 9 aliphatic rings. The molecule has 2 aliphatic heterocycles. The molecule has 19 atom stereocenters. The van der Waals surface area contributed by atoms with Gasteiger partial charge in [-0.15, -0.1) is 0 Å². The summed E-state index contributed by atoms with van der Waals surface area (Å²) in [6, 6.07) is 14.1. The first-order valence-corrected chi connectivity index (χ1v) is 31.1. The van der Waals surface area contributed by atoms with Crippen LogP contribution >= 0.6 is 0 Å². The number of nitrogens with two attached hydrogens (primary N) is 1. The van der Waals surface area contributed by atoms with Gasteiger partial charge in [0.25, 0.3) is 0 Å². The zero-order valence-electron chi connectivity index (χ0n) is 48.5. The maximum atomic E-state index is 16.0. The number of epoxide rings is 1. The molecule has 0 radical (unpaired) electrons. The first-order chi connectivity index (χ1) is 36.6. The lowest BCUT2D eigenvalue weighted by molar-refractivity contribution is -0.210. The van der Waals surface area contributed by atoms with Crippen molar-refractivity contribution in [2.75, 3.05) is 25.9 Å². The normalized spacial score (nSPS) is 44.3. The summed E-state index contributed by atoms with van der Waals surface area (Å²) in [4.78, 5) is 31.9. The Bertz CT molecular complexity index is 2580. The molecule has 10 nitrogen and oxygen atoms in total. The molecule has 4 bridgehead atoms. The average molecular weight is 1060 g/mol. The Labute approximate surface area is 462 Å². The van der Waals surface area contributed by atoms with Crippen molar-refractivity contribution in [3.63, 3.8) is 0 Å². The molecule has 5 saturated carbocycles. The number of nitrogens with one attached hydrogen (secondary N) is 2. The fourth-order valence-electron chi connectivity index (χ4n) is 21.0. The fourth-order valence-corrected chi connectivity index (χ4v) is 21.0. The van der Waals surface area contributed by atoms with Gasteiger partial charge in [0.1, 0.15) is 17.6 Å². The molecule has 10 heteroatoms. The van der Waals surface area contributed by atoms with Crippen LogP contribution in [0.25, 0.3) is 0 Å². The van der Waals surface area contributed by atoms with E-state index in [1.807, 2.05) is 32.2 Å². The van der Waals surface area contributed by atoms with Gasteiger partial charge in [-0.2, -0.15) is 0 Å². The van der Waals surface area contributed by atoms with Crippen molar-refractivity contribution in [1.29, 1.82) is 0 Å². The van der Waals surface area contributed by atoms with E-state index in [9.17, 15) is 20.4 Å². The highest BCUT2D eigenvalue weighted by Crippen LogP contribution is 2.78. The molecular weight excluding hydrogens is 959 g/mol. The number of β-amino-alcohol motifs (C(OH)–C–C–N with tert-alkyl or cyclic N) is 1. The highest BCUT2D eigenvalue weighted by atomic mass is 16.6. The predicted molar refractivity (Wildman–Crippen MR) is 305 cm³/mol. The average Bonchev–Trinajstić information content (AvgIpc) is 3.80. The minimum Gasteiger partial charge on any atom is -0.508 e. The maximum Gasteiger partial charge on any atom is 0.160 e. The van der Waals surface area contributed by atoms with Crippen molar-refractivity contribution in [2.45, 2.75) is 225 Å². The van der Waals surface area contributed by atoms with Crippen LogP contribution in [0.15, 0.2) is 53.6 Å². The van der Waals surface area contributed by atoms with Crippen LogP contribution in [0.1, 0.15) is 205 Å². The van der Waals surface area contributed by atoms with E-state index in [4.69, 9.17) is 10.5 Å². The molecule has 424 valence electrons. The van der Waals surface area contributed by atoms with Gasteiger partial charge < -0.3 is 41.5 Å². The van der Waals surface area contributed by atoms with Crippen molar-refractivity contribution < 1.29 is 34.8 Å². The molecule has 8 N–H and O–H groups in total. The molecular formula is C67H99N3O7. The summed E-state index contributed by atoms with van der Waals surface area (Å²) in [5, 5.41) is 54.7. The number of fused-ring (bicyclic) bond motifs is 2. The number of phenols is 1. The third-order valence-electron chi connectivity index (χ3n) is 24.2. The van der Waals surface area contributed by atoms with Crippen LogP contribution in [0, 0.1) is 74.9 Å². The minimum absolute atomic E-state index is 0.0141. The number of aromatic hydroxyl groups is 1. The number of allylic oxidation sites excluding steroid dienone is 2. The summed E-state index contributed by atoms with van der Waals surface area (Å²) >= 11 is 0. The Kier molecular flexibility index (Phi) is 15.0. The fraction of sp³-hybridized carbons (Fsp3) is 0.761. The van der Waals surface area contributed by atoms with Crippen molar-refractivity contribution in [1.82, 2.24) is 10.6 Å². The second-order valence-corrected chi connectivity index (χ2v) is 29.5. The lowest BCUT2D eigenvalue weighted by atomic mass is 9.32. The van der Waals surface area contributed by atoms with Gasteiger partial charge >= 0.3 is 0 Å². The number of carbonyl (C=O) groups excluding carboxylic acids is 2. The van der Waals surface area contributed by atoms with Crippen LogP contribution in [-0.2, 0) is 20.9 Å². The number of phenolic OH excluding ortho intramolecular Hbond substituents is 1. The van der Waals surface area contributed by atoms with E-state index in [0.717, 1.165) is 125 Å². The summed E-state index contributed by atoms with van der Waals surface area (Å²) in [5.41, 5.74) is 9.55. The van der Waals surface area contributed by atoms with E-state index in [2.05, 4.69) is 76.4 Å². The summed E-state index contributed by atoms with van der Waals surface area (Å²) in [5.74, 6) is 2.71. The van der Waals surface area contributed by atoms with Crippen LogP contribution < -0.4 is 16.4 Å². The number of anilines is 1. The first-order valence-electron chi connectivity index (χ1n) is 31.1. The number of ether oxygens (including phenoxy) is 1. The van der Waals surface area contributed by atoms with Crippen LogP contribution in [0.4, 0.5) is 5.69 Å². The van der Waals surface area contributed by atoms with E-state index in [-0.39, 0.29) is 82.5 Å². The highest BCUT2D eigenvalue weighted by Gasteiger charge is 2.74. The van der Waals surface area contributed by atoms with Gasteiger partial charge in [0.05, 0.1) is 17.3 Å². The SMILES string of the molecule is CNCc1cc(O)cc([C@@H]2C[C@@]3(C)[C@H]4CCC5=C6C(=O)C[C@]5(C)[C@@]4(C[C@@H](CCC(C)C)C[C@H]4CC[C@@H](CO)C[C@H]4[C@@H]6C[C@@H](O)[C@H]4O[C@]4(C)[C@@H]4CCC[C@H]4c4cccc(N)c4)C[C@@H]4NC[C@](C)(O)CCCC[C@@](C)(C2=O)[C@H]43)c1. The van der Waals surface area contributed by atoms with Crippen LogP contribution in [0.3, 0.4) is 0 Å². The lowest BCUT2D eigenvalue weighted by Gasteiger charge is -2.72. The molecule has 0 aromatic heterocycles. The zero-order chi connectivity index (χ0) is 54.6. The van der Waals surface area contributed by atoms with Crippen molar-refractivity contribution >= 4 is 17.3 Å². The number of ketones is 2. The Hall–Kier alpha value is -3.12. The van der Waals surface area contributed by atoms with Crippen molar-refractivity contribution in [2.24, 2.45) is 74.9 Å². The van der Waals surface area contributed by atoms with Gasteiger partial charge in [-0.3, -0.25) is 9.59 Å². The molecule has 1 spiro atoms. The summed E-state index contributed by atoms with van der Waals surface area (Å²) in [7, 11) is 1.92. The lowest BCUT2D eigenvalue weighted by Crippen LogP contribution is -2.71. The Morgan fingerprint density at radius 3 is 2.44 bits per heavy atom. The topological polar surface area (TPSA) is 178 Å². The Balaban J connectivity index is 1.05. The summed E-state index contributed by atoms with van der Waals surface area (Å²) in [6.07, 6.45) is 16.8. The number of Topliss-reactive ketones (excluding diaryl/α,β-unsaturated/α-hetero) is 2. The monoisotopic (exact) mass is 1060 g/mol. The third-order valence-corrected chi connectivity index (χ3v) is 24.2. The van der Waals surface area contributed by atoms with Crippen molar-refractivity contribution in [3.05, 3.63) is 70.3 Å². The van der Waals surface area contributed by atoms with Gasteiger partial charge in [-0.25, -0.2) is 0 Å². The quantitative estimate of drug-likeness (QED) is 0.0800. The van der Waals surface area contributed by atoms with Crippen LogP contribution in [0.5, 0.6) is 5.75 Å². The van der Waals surface area contributed by atoms with Gasteiger partial charge in [0.2, 0.25) is 0 Å². The number of hydrogen-bond acceptors (Lipinski definition) is 10. The first kappa shape index (κ1) is 55.8. The number of carbonyl (C=O) groups is 2. The van der Waals surface area contributed by atoms with E-state index in [0.29, 0.717) is 68.2 Å². The van der Waals surface area contributed by atoms with Gasteiger partial charge in [0.15, 0.2) is 5.78 Å². The van der Waals surface area contributed by atoms with Crippen LogP contribution in [-0.4, -0.2) is 81.6 Å². The van der Waals surface area contributed by atoms with E-state index >= 15 is 9.59 Å². The van der Waals surface area contributed by atoms with E-state index < -0.39 is 28.1 Å². The van der Waals surface area contributed by atoms with E-state index in [1.165, 1.54) is 11.1 Å². The second kappa shape index (κ2) is 20.7. The molecule has 2 aromatic carbocycles. The molecule has 2 heterocycles.